The number of hydrogen-bond donors (Lipinski definition) is 1. The van der Waals surface area contributed by atoms with Gasteiger partial charge in [0.1, 0.15) is 16.9 Å². The van der Waals surface area contributed by atoms with Crippen molar-refractivity contribution in [3.05, 3.63) is 106 Å². The summed E-state index contributed by atoms with van der Waals surface area (Å²) < 4.78 is 11.9. The lowest BCUT2D eigenvalue weighted by atomic mass is 9.95. The van der Waals surface area contributed by atoms with E-state index in [2.05, 4.69) is 5.11 Å². The Kier molecular flexibility index (Phi) is 4.29. The van der Waals surface area contributed by atoms with Gasteiger partial charge in [-0.3, -0.25) is 0 Å². The second kappa shape index (κ2) is 7.12. The molecule has 0 saturated heterocycles. The van der Waals surface area contributed by atoms with E-state index in [-0.39, 0.29) is 0 Å². The zero-order valence-electron chi connectivity index (χ0n) is 16.3. The Bertz CT molecular complexity index is 1430. The van der Waals surface area contributed by atoms with E-state index in [1.54, 1.807) is 0 Å². The maximum absolute atomic E-state index is 12.2. The highest BCUT2D eigenvalue weighted by Gasteiger charge is 2.27. The summed E-state index contributed by atoms with van der Waals surface area (Å²) in [7, 11) is 0. The molecule has 0 saturated carbocycles. The average Bonchev–Trinajstić information content (AvgIpc) is 3.15. The van der Waals surface area contributed by atoms with Gasteiger partial charge in [0.05, 0.1) is 5.39 Å². The summed E-state index contributed by atoms with van der Waals surface area (Å²) >= 11 is 0. The van der Waals surface area contributed by atoms with E-state index in [1.165, 1.54) is 6.07 Å². The summed E-state index contributed by atoms with van der Waals surface area (Å²) in [6, 6.07) is 24.0. The molecule has 0 aliphatic rings. The first-order valence-corrected chi connectivity index (χ1v) is 9.64. The van der Waals surface area contributed by atoms with Crippen LogP contribution in [0.2, 0.25) is 0 Å². The number of rotatable bonds is 4. The first kappa shape index (κ1) is 18.1. The van der Waals surface area contributed by atoms with Gasteiger partial charge >= 0.3 is 5.63 Å². The van der Waals surface area contributed by atoms with Gasteiger partial charge in [-0.1, -0.05) is 60.7 Å². The molecular formula is C25H18N2O3. The number of aryl methyl sites for hydroxylation is 1. The van der Waals surface area contributed by atoms with Gasteiger partial charge in [-0.05, 0) is 35.7 Å². The van der Waals surface area contributed by atoms with Crippen molar-refractivity contribution in [1.29, 1.82) is 5.53 Å². The van der Waals surface area contributed by atoms with Crippen LogP contribution >= 0.6 is 0 Å². The largest absolute Gasteiger partial charge is 0.458 e. The van der Waals surface area contributed by atoms with Gasteiger partial charge in [0.25, 0.3) is 0 Å². The smallest absolute Gasteiger partial charge is 0.336 e. The minimum atomic E-state index is -0.611. The van der Waals surface area contributed by atoms with Crippen LogP contribution in [0.3, 0.4) is 0 Å². The average molecular weight is 394 g/mol. The highest BCUT2D eigenvalue weighted by Crippen LogP contribution is 2.44. The maximum atomic E-state index is 12.2. The number of nitrogens with one attached hydrogen (secondary N) is 1. The second-order valence-corrected chi connectivity index (χ2v) is 7.21. The molecule has 146 valence electrons. The number of furan rings is 1. The number of benzene rings is 3. The topological polar surface area (TPSA) is 79.6 Å². The molecule has 2 heterocycles. The van der Waals surface area contributed by atoms with Crippen molar-refractivity contribution >= 4 is 21.9 Å². The number of hydrogen-bond acceptors (Lipinski definition) is 5. The van der Waals surface area contributed by atoms with Crippen molar-refractivity contribution < 1.29 is 8.83 Å². The zero-order valence-corrected chi connectivity index (χ0v) is 16.3. The van der Waals surface area contributed by atoms with Crippen molar-refractivity contribution in [2.24, 2.45) is 5.11 Å². The van der Waals surface area contributed by atoms with Gasteiger partial charge in [-0.2, -0.15) is 5.11 Å². The molecule has 0 aliphatic carbocycles. The standard InChI is InChI=1S/C25H18N2O3/c1-15-14-20(28)30-24-18(15)12-13-19-22(24)21(16-8-4-2-5-9-16)25(29-19)23(27-26)17-10-6-3-7-11-17/h2-14,23,26H,1H3. The van der Waals surface area contributed by atoms with Gasteiger partial charge in [-0.15, -0.1) is 0 Å². The van der Waals surface area contributed by atoms with E-state index < -0.39 is 11.7 Å². The van der Waals surface area contributed by atoms with Crippen LogP contribution in [0.5, 0.6) is 0 Å². The fourth-order valence-electron chi connectivity index (χ4n) is 3.98. The van der Waals surface area contributed by atoms with Crippen molar-refractivity contribution in [2.75, 3.05) is 0 Å². The van der Waals surface area contributed by atoms with E-state index in [0.29, 0.717) is 16.9 Å². The molecule has 0 fully saturated rings. The molecular weight excluding hydrogens is 376 g/mol. The lowest BCUT2D eigenvalue weighted by molar-refractivity contribution is 0.516. The third kappa shape index (κ3) is 2.83. The third-order valence-corrected chi connectivity index (χ3v) is 5.35. The van der Waals surface area contributed by atoms with Crippen molar-refractivity contribution in [3.8, 4) is 11.1 Å². The van der Waals surface area contributed by atoms with Crippen molar-refractivity contribution in [2.45, 2.75) is 13.0 Å². The van der Waals surface area contributed by atoms with E-state index in [9.17, 15) is 4.79 Å². The highest BCUT2D eigenvalue weighted by molar-refractivity contribution is 6.11. The molecule has 30 heavy (non-hydrogen) atoms. The first-order valence-electron chi connectivity index (χ1n) is 9.64. The fraction of sp³-hybridized carbons (Fsp3) is 0.0800. The molecule has 5 rings (SSSR count). The van der Waals surface area contributed by atoms with Crippen LogP contribution in [-0.2, 0) is 0 Å². The predicted molar refractivity (Wildman–Crippen MR) is 116 cm³/mol. The normalized spacial score (nSPS) is 12.3. The SMILES string of the molecule is Cc1cc(=O)oc2c1ccc1oc(C(N=N)c3ccccc3)c(-c3ccccc3)c12. The fourth-order valence-corrected chi connectivity index (χ4v) is 3.98. The van der Waals surface area contributed by atoms with Gasteiger partial charge in [0.2, 0.25) is 0 Å². The quantitative estimate of drug-likeness (QED) is 0.274. The first-order chi connectivity index (χ1) is 14.7. The molecule has 0 radical (unpaired) electrons. The summed E-state index contributed by atoms with van der Waals surface area (Å²) in [6.45, 7) is 1.89. The number of nitrogens with zero attached hydrogens (tertiary/aromatic N) is 1. The Balaban J connectivity index is 1.93. The summed E-state index contributed by atoms with van der Waals surface area (Å²) in [6.07, 6.45) is 0. The number of fused-ring (bicyclic) bond motifs is 3. The predicted octanol–water partition coefficient (Wildman–Crippen LogP) is 6.63. The van der Waals surface area contributed by atoms with Crippen LogP contribution < -0.4 is 5.63 Å². The summed E-state index contributed by atoms with van der Waals surface area (Å²) in [5, 5.41) is 5.46. The molecule has 1 N–H and O–H groups in total. The minimum absolute atomic E-state index is 0.404. The molecule has 1 atom stereocenters. The van der Waals surface area contributed by atoms with Gasteiger partial charge < -0.3 is 8.83 Å². The van der Waals surface area contributed by atoms with Gasteiger partial charge in [0.15, 0.2) is 6.04 Å². The summed E-state index contributed by atoms with van der Waals surface area (Å²) in [4.78, 5) is 12.2. The van der Waals surface area contributed by atoms with Crippen LogP contribution in [0.15, 0.2) is 97.6 Å². The van der Waals surface area contributed by atoms with E-state index in [0.717, 1.165) is 33.0 Å². The third-order valence-electron chi connectivity index (χ3n) is 5.35. The Morgan fingerprint density at radius 2 is 1.60 bits per heavy atom. The molecule has 5 heteroatoms. The summed E-state index contributed by atoms with van der Waals surface area (Å²) in [5.74, 6) is 0.550. The Labute approximate surface area is 172 Å². The lowest BCUT2D eigenvalue weighted by Gasteiger charge is -2.11. The molecule has 1 unspecified atom stereocenters. The Morgan fingerprint density at radius 1 is 0.900 bits per heavy atom. The van der Waals surface area contributed by atoms with Crippen molar-refractivity contribution in [1.82, 2.24) is 0 Å². The Morgan fingerprint density at radius 3 is 2.30 bits per heavy atom. The van der Waals surface area contributed by atoms with Crippen LogP contribution in [0.1, 0.15) is 22.9 Å². The second-order valence-electron chi connectivity index (χ2n) is 7.21. The van der Waals surface area contributed by atoms with E-state index in [1.807, 2.05) is 79.7 Å². The molecule has 0 amide bonds. The van der Waals surface area contributed by atoms with Gasteiger partial charge in [0, 0.05) is 17.0 Å². The molecule has 0 aliphatic heterocycles. The van der Waals surface area contributed by atoms with Crippen LogP contribution in [-0.4, -0.2) is 0 Å². The van der Waals surface area contributed by atoms with Crippen molar-refractivity contribution in [3.63, 3.8) is 0 Å². The summed E-state index contributed by atoms with van der Waals surface area (Å²) in [5.41, 5.74) is 12.0. The van der Waals surface area contributed by atoms with Gasteiger partial charge in [-0.25, -0.2) is 10.3 Å². The highest BCUT2D eigenvalue weighted by atomic mass is 16.4. The molecule has 5 nitrogen and oxygen atoms in total. The molecule has 0 spiro atoms. The minimum Gasteiger partial charge on any atom is -0.458 e. The zero-order chi connectivity index (χ0) is 20.7. The lowest BCUT2D eigenvalue weighted by Crippen LogP contribution is -1.99. The van der Waals surface area contributed by atoms with Crippen LogP contribution in [0, 0.1) is 12.5 Å². The van der Waals surface area contributed by atoms with Crippen LogP contribution in [0.25, 0.3) is 33.1 Å². The molecule has 3 aromatic carbocycles. The maximum Gasteiger partial charge on any atom is 0.336 e. The van der Waals surface area contributed by atoms with E-state index >= 15 is 0 Å². The Hall–Kier alpha value is -3.99. The monoisotopic (exact) mass is 394 g/mol. The van der Waals surface area contributed by atoms with Crippen LogP contribution in [0.4, 0.5) is 0 Å². The van der Waals surface area contributed by atoms with E-state index in [4.69, 9.17) is 14.4 Å². The molecule has 2 aromatic heterocycles. The molecule has 0 bridgehead atoms. The molecule has 5 aromatic rings.